The fraction of sp³-hybridized carbons (Fsp3) is 0.231. The lowest BCUT2D eigenvalue weighted by Gasteiger charge is -2.05. The zero-order chi connectivity index (χ0) is 12.4. The Morgan fingerprint density at radius 3 is 2.88 bits per heavy atom. The summed E-state index contributed by atoms with van der Waals surface area (Å²) in [6.07, 6.45) is 3.20. The highest BCUT2D eigenvalue weighted by atomic mass is 19.1. The molecule has 0 fully saturated rings. The van der Waals surface area contributed by atoms with Crippen molar-refractivity contribution in [1.29, 1.82) is 0 Å². The van der Waals surface area contributed by atoms with Crippen LogP contribution in [-0.4, -0.2) is 15.6 Å². The maximum atomic E-state index is 13.1. The predicted octanol–water partition coefficient (Wildman–Crippen LogP) is 2.58. The van der Waals surface area contributed by atoms with Gasteiger partial charge in [0, 0.05) is 6.20 Å². The van der Waals surface area contributed by atoms with Gasteiger partial charge in [-0.15, -0.1) is 0 Å². The van der Waals surface area contributed by atoms with E-state index in [4.69, 9.17) is 0 Å². The van der Waals surface area contributed by atoms with Crippen LogP contribution < -0.4 is 0 Å². The van der Waals surface area contributed by atoms with Crippen LogP contribution in [0.1, 0.15) is 28.4 Å². The summed E-state index contributed by atoms with van der Waals surface area (Å²) < 4.78 is 14.7. The standard InChI is InChI=1S/C13H13FN2O/c1-9-3-4-13(14)5-11(9)7-16-8-12(6-15-16)10(2)17/h3-6,8H,7H2,1-2H3. The van der Waals surface area contributed by atoms with Crippen molar-refractivity contribution in [3.05, 3.63) is 53.1 Å². The normalized spacial score (nSPS) is 10.5. The topological polar surface area (TPSA) is 34.9 Å². The Hall–Kier alpha value is -1.97. The molecule has 0 aliphatic rings. The Balaban J connectivity index is 2.25. The molecule has 0 bridgehead atoms. The third-order valence-electron chi connectivity index (χ3n) is 2.68. The first-order chi connectivity index (χ1) is 8.06. The maximum Gasteiger partial charge on any atom is 0.162 e. The zero-order valence-corrected chi connectivity index (χ0v) is 9.77. The first kappa shape index (κ1) is 11.5. The highest BCUT2D eigenvalue weighted by molar-refractivity contribution is 5.93. The van der Waals surface area contributed by atoms with Crippen molar-refractivity contribution in [2.45, 2.75) is 20.4 Å². The number of nitrogens with zero attached hydrogens (tertiary/aromatic N) is 2. The lowest BCUT2D eigenvalue weighted by atomic mass is 10.1. The molecule has 0 aliphatic carbocycles. The molecule has 0 aliphatic heterocycles. The van der Waals surface area contributed by atoms with Gasteiger partial charge in [-0.1, -0.05) is 6.07 Å². The molecule has 2 rings (SSSR count). The van der Waals surface area contributed by atoms with Gasteiger partial charge in [0.2, 0.25) is 0 Å². The largest absolute Gasteiger partial charge is 0.294 e. The molecule has 88 valence electrons. The molecule has 0 amide bonds. The fourth-order valence-corrected chi connectivity index (χ4v) is 1.62. The van der Waals surface area contributed by atoms with Crippen LogP contribution in [0.4, 0.5) is 4.39 Å². The van der Waals surface area contributed by atoms with Gasteiger partial charge in [0.1, 0.15) is 5.82 Å². The minimum absolute atomic E-state index is 0.0211. The number of halogens is 1. The summed E-state index contributed by atoms with van der Waals surface area (Å²) in [4.78, 5) is 11.1. The van der Waals surface area contributed by atoms with E-state index in [0.29, 0.717) is 12.1 Å². The molecule has 4 heteroatoms. The molecule has 0 spiro atoms. The van der Waals surface area contributed by atoms with Gasteiger partial charge in [-0.2, -0.15) is 5.10 Å². The first-order valence-corrected chi connectivity index (χ1v) is 5.34. The average molecular weight is 232 g/mol. The summed E-state index contributed by atoms with van der Waals surface area (Å²) in [5.41, 5.74) is 2.44. The highest BCUT2D eigenvalue weighted by Crippen LogP contribution is 2.12. The minimum atomic E-state index is -0.260. The predicted molar refractivity (Wildman–Crippen MR) is 62.5 cm³/mol. The maximum absolute atomic E-state index is 13.1. The number of aromatic nitrogens is 2. The van der Waals surface area contributed by atoms with Crippen molar-refractivity contribution < 1.29 is 9.18 Å². The van der Waals surface area contributed by atoms with Crippen molar-refractivity contribution in [2.24, 2.45) is 0 Å². The van der Waals surface area contributed by atoms with E-state index in [1.165, 1.54) is 25.3 Å². The summed E-state index contributed by atoms with van der Waals surface area (Å²) in [6.45, 7) is 3.88. The molecule has 2 aromatic rings. The van der Waals surface area contributed by atoms with E-state index >= 15 is 0 Å². The number of hydrogen-bond donors (Lipinski definition) is 0. The van der Waals surface area contributed by atoms with Gasteiger partial charge < -0.3 is 0 Å². The number of Topliss-reactive ketones (excluding diaryl/α,β-unsaturated/α-hetero) is 1. The van der Waals surface area contributed by atoms with E-state index < -0.39 is 0 Å². The third-order valence-corrected chi connectivity index (χ3v) is 2.68. The second kappa shape index (κ2) is 4.49. The molecule has 0 atom stereocenters. The summed E-state index contributed by atoms with van der Waals surface area (Å²) >= 11 is 0. The molecular formula is C13H13FN2O. The van der Waals surface area contributed by atoms with Gasteiger partial charge >= 0.3 is 0 Å². The lowest BCUT2D eigenvalue weighted by molar-refractivity contribution is 0.101. The second-order valence-corrected chi connectivity index (χ2v) is 4.05. The zero-order valence-electron chi connectivity index (χ0n) is 9.77. The van der Waals surface area contributed by atoms with E-state index in [2.05, 4.69) is 5.10 Å². The Labute approximate surface area is 98.9 Å². The molecule has 0 radical (unpaired) electrons. The summed E-state index contributed by atoms with van der Waals surface area (Å²) in [5, 5.41) is 4.08. The Morgan fingerprint density at radius 1 is 1.47 bits per heavy atom. The van der Waals surface area contributed by atoms with E-state index in [9.17, 15) is 9.18 Å². The van der Waals surface area contributed by atoms with Crippen LogP contribution in [0.15, 0.2) is 30.6 Å². The van der Waals surface area contributed by atoms with Crippen molar-refractivity contribution in [3.8, 4) is 0 Å². The number of carbonyl (C=O) groups excluding carboxylic acids is 1. The Morgan fingerprint density at radius 2 is 2.24 bits per heavy atom. The number of carbonyl (C=O) groups is 1. The smallest absolute Gasteiger partial charge is 0.162 e. The van der Waals surface area contributed by atoms with Crippen LogP contribution in [0.2, 0.25) is 0 Å². The molecule has 0 saturated heterocycles. The SMILES string of the molecule is CC(=O)c1cnn(Cc2cc(F)ccc2C)c1. The second-order valence-electron chi connectivity index (χ2n) is 4.05. The van der Waals surface area contributed by atoms with Gasteiger partial charge in [0.05, 0.1) is 18.3 Å². The van der Waals surface area contributed by atoms with Crippen LogP contribution in [0.5, 0.6) is 0 Å². The van der Waals surface area contributed by atoms with Crippen molar-refractivity contribution >= 4 is 5.78 Å². The molecular weight excluding hydrogens is 219 g/mol. The minimum Gasteiger partial charge on any atom is -0.294 e. The van der Waals surface area contributed by atoms with Crippen LogP contribution in [0, 0.1) is 12.7 Å². The van der Waals surface area contributed by atoms with Gasteiger partial charge in [-0.3, -0.25) is 9.48 Å². The molecule has 1 heterocycles. The van der Waals surface area contributed by atoms with E-state index in [-0.39, 0.29) is 11.6 Å². The molecule has 3 nitrogen and oxygen atoms in total. The van der Waals surface area contributed by atoms with E-state index in [0.717, 1.165) is 11.1 Å². The van der Waals surface area contributed by atoms with Gasteiger partial charge in [-0.25, -0.2) is 4.39 Å². The van der Waals surface area contributed by atoms with Gasteiger partial charge in [0.25, 0.3) is 0 Å². The third kappa shape index (κ3) is 2.58. The number of aryl methyl sites for hydroxylation is 1. The number of hydrogen-bond acceptors (Lipinski definition) is 2. The molecule has 1 aromatic heterocycles. The van der Waals surface area contributed by atoms with Crippen LogP contribution in [-0.2, 0) is 6.54 Å². The number of ketones is 1. The first-order valence-electron chi connectivity index (χ1n) is 5.34. The van der Waals surface area contributed by atoms with Crippen molar-refractivity contribution in [1.82, 2.24) is 9.78 Å². The summed E-state index contributed by atoms with van der Waals surface area (Å²) in [6, 6.07) is 4.66. The van der Waals surface area contributed by atoms with Crippen LogP contribution in [0.25, 0.3) is 0 Å². The average Bonchev–Trinajstić information content (AvgIpc) is 2.72. The summed E-state index contributed by atoms with van der Waals surface area (Å²) in [7, 11) is 0. The molecule has 0 saturated carbocycles. The Bertz CT molecular complexity index is 560. The quantitative estimate of drug-likeness (QED) is 0.762. The highest BCUT2D eigenvalue weighted by Gasteiger charge is 2.05. The number of rotatable bonds is 3. The molecule has 1 aromatic carbocycles. The summed E-state index contributed by atoms with van der Waals surface area (Å²) in [5.74, 6) is -0.281. The molecule has 17 heavy (non-hydrogen) atoms. The molecule has 0 unspecified atom stereocenters. The van der Waals surface area contributed by atoms with E-state index in [1.807, 2.05) is 6.92 Å². The van der Waals surface area contributed by atoms with Gasteiger partial charge in [-0.05, 0) is 37.1 Å². The number of benzene rings is 1. The Kier molecular flexibility index (Phi) is 3.04. The van der Waals surface area contributed by atoms with Crippen LogP contribution in [0.3, 0.4) is 0 Å². The fourth-order valence-electron chi connectivity index (χ4n) is 1.62. The molecule has 0 N–H and O–H groups in total. The lowest BCUT2D eigenvalue weighted by Crippen LogP contribution is -2.02. The van der Waals surface area contributed by atoms with E-state index in [1.54, 1.807) is 16.9 Å². The van der Waals surface area contributed by atoms with Crippen molar-refractivity contribution in [3.63, 3.8) is 0 Å². The van der Waals surface area contributed by atoms with Crippen molar-refractivity contribution in [2.75, 3.05) is 0 Å². The van der Waals surface area contributed by atoms with Crippen LogP contribution >= 0.6 is 0 Å². The van der Waals surface area contributed by atoms with Gasteiger partial charge in [0.15, 0.2) is 5.78 Å². The monoisotopic (exact) mass is 232 g/mol.